The van der Waals surface area contributed by atoms with Gasteiger partial charge in [0, 0.05) is 18.0 Å². The molecule has 1 N–H and O–H groups in total. The second-order valence-corrected chi connectivity index (χ2v) is 4.21. The van der Waals surface area contributed by atoms with E-state index < -0.39 is 6.04 Å². The molecule has 6 heteroatoms. The van der Waals surface area contributed by atoms with Crippen LogP contribution in [0.15, 0.2) is 23.3 Å². The molecule has 0 aliphatic carbocycles. The molecule has 19 heavy (non-hydrogen) atoms. The van der Waals surface area contributed by atoms with Gasteiger partial charge in [-0.1, -0.05) is 23.3 Å². The maximum atomic E-state index is 11.8. The molecular formula is C13H18N4O2. The number of carbonyl (C=O) groups is 1. The number of ether oxygens (including phenoxy) is 1. The molecule has 0 bridgehead atoms. The predicted octanol–water partition coefficient (Wildman–Crippen LogP) is 2.42. The first kappa shape index (κ1) is 15.0. The van der Waals surface area contributed by atoms with Crippen molar-refractivity contribution < 1.29 is 9.53 Å². The van der Waals surface area contributed by atoms with Crippen LogP contribution in [0.4, 0.5) is 0 Å². The summed E-state index contributed by atoms with van der Waals surface area (Å²) in [6.45, 7) is 4.71. The summed E-state index contributed by atoms with van der Waals surface area (Å²) in [5.74, 6) is -0.357. The minimum atomic E-state index is -0.543. The molecule has 102 valence electrons. The van der Waals surface area contributed by atoms with E-state index in [1.165, 1.54) is 12.7 Å². The zero-order valence-corrected chi connectivity index (χ0v) is 11.4. The average molecular weight is 262 g/mol. The molecule has 6 nitrogen and oxygen atoms in total. The van der Waals surface area contributed by atoms with Gasteiger partial charge >= 0.3 is 5.97 Å². The van der Waals surface area contributed by atoms with Crippen LogP contribution >= 0.6 is 0 Å². The number of nitrogens with one attached hydrogen (secondary N) is 1. The first-order valence-electron chi connectivity index (χ1n) is 5.99. The van der Waals surface area contributed by atoms with Crippen molar-refractivity contribution in [3.8, 4) is 0 Å². The van der Waals surface area contributed by atoms with Crippen molar-refractivity contribution >= 4 is 5.97 Å². The van der Waals surface area contributed by atoms with E-state index in [1.54, 1.807) is 0 Å². The smallest absolute Gasteiger partial charge is 0.327 e. The molecule has 0 radical (unpaired) electrons. The lowest BCUT2D eigenvalue weighted by atomic mass is 10.0. The van der Waals surface area contributed by atoms with Gasteiger partial charge in [-0.25, -0.2) is 4.79 Å². The summed E-state index contributed by atoms with van der Waals surface area (Å²) in [5, 5.41) is 6.45. The fourth-order valence-electron chi connectivity index (χ4n) is 1.70. The second-order valence-electron chi connectivity index (χ2n) is 4.21. The summed E-state index contributed by atoms with van der Waals surface area (Å²) < 4.78 is 4.79. The quantitative estimate of drug-likeness (QED) is 0.281. The summed E-state index contributed by atoms with van der Waals surface area (Å²) in [4.78, 5) is 14.4. The van der Waals surface area contributed by atoms with E-state index in [0.29, 0.717) is 6.54 Å². The highest BCUT2D eigenvalue weighted by molar-refractivity contribution is 5.77. The van der Waals surface area contributed by atoms with Crippen LogP contribution in [0.5, 0.6) is 0 Å². The van der Waals surface area contributed by atoms with E-state index in [9.17, 15) is 4.79 Å². The summed E-state index contributed by atoms with van der Waals surface area (Å²) >= 11 is 0. The molecule has 0 aliphatic heterocycles. The molecule has 1 aromatic carbocycles. The number of rotatable bonds is 6. The maximum absolute atomic E-state index is 11.8. The topological polar surface area (TPSA) is 87.1 Å². The predicted molar refractivity (Wildman–Crippen MR) is 72.7 cm³/mol. The van der Waals surface area contributed by atoms with Crippen LogP contribution < -0.4 is 5.32 Å². The van der Waals surface area contributed by atoms with E-state index in [2.05, 4.69) is 15.3 Å². The zero-order valence-electron chi connectivity index (χ0n) is 11.4. The van der Waals surface area contributed by atoms with Crippen molar-refractivity contribution in [3.05, 3.63) is 45.3 Å². The number of esters is 1. The number of benzene rings is 1. The summed E-state index contributed by atoms with van der Waals surface area (Å²) in [5.41, 5.74) is 11.3. The van der Waals surface area contributed by atoms with Crippen LogP contribution in [-0.4, -0.2) is 26.2 Å². The lowest BCUT2D eigenvalue weighted by Crippen LogP contribution is -2.31. The lowest BCUT2D eigenvalue weighted by molar-refractivity contribution is -0.143. The highest BCUT2D eigenvalue weighted by atomic mass is 16.5. The van der Waals surface area contributed by atoms with Gasteiger partial charge in [0.15, 0.2) is 0 Å². The van der Waals surface area contributed by atoms with Crippen molar-refractivity contribution in [1.82, 2.24) is 5.32 Å². The first-order chi connectivity index (χ1) is 9.10. The Bertz CT molecular complexity index is 495. The molecule has 1 unspecified atom stereocenters. The third-order valence-corrected chi connectivity index (χ3v) is 2.92. The number of carbonyl (C=O) groups excluding carboxylic acids is 1. The minimum Gasteiger partial charge on any atom is -0.468 e. The normalized spacial score (nSPS) is 11.5. The molecule has 0 saturated carbocycles. The Morgan fingerprint density at radius 1 is 1.47 bits per heavy atom. The largest absolute Gasteiger partial charge is 0.468 e. The fraction of sp³-hybridized carbons (Fsp3) is 0.462. The minimum absolute atomic E-state index is 0.287. The van der Waals surface area contributed by atoms with E-state index in [4.69, 9.17) is 10.3 Å². The van der Waals surface area contributed by atoms with E-state index in [0.717, 1.165) is 11.1 Å². The number of nitrogens with zero attached hydrogens (tertiary/aromatic N) is 3. The van der Waals surface area contributed by atoms with Gasteiger partial charge in [-0.05, 0) is 36.1 Å². The summed E-state index contributed by atoms with van der Waals surface area (Å²) in [7, 11) is 1.35. The van der Waals surface area contributed by atoms with Gasteiger partial charge in [0.05, 0.1) is 7.11 Å². The molecule has 1 atom stereocenters. The van der Waals surface area contributed by atoms with Crippen molar-refractivity contribution in [2.45, 2.75) is 19.9 Å². The zero-order chi connectivity index (χ0) is 14.3. The summed E-state index contributed by atoms with van der Waals surface area (Å²) in [6, 6.07) is 5.27. The van der Waals surface area contributed by atoms with Gasteiger partial charge in [-0.15, -0.1) is 0 Å². The highest BCUT2D eigenvalue weighted by Gasteiger charge is 2.20. The Morgan fingerprint density at radius 3 is 2.79 bits per heavy atom. The Balaban J connectivity index is 2.86. The average Bonchev–Trinajstić information content (AvgIpc) is 2.41. The molecule has 0 amide bonds. The van der Waals surface area contributed by atoms with Gasteiger partial charge in [0.1, 0.15) is 6.04 Å². The molecular weight excluding hydrogens is 244 g/mol. The standard InChI is InChI=1S/C13H18N4O2/c1-9-4-5-11(8-10(9)2)12(13(18)19-3)15-6-7-16-17-14/h4-5,8,12,15H,6-7H2,1-3H3. The number of hydrogen-bond acceptors (Lipinski definition) is 4. The first-order valence-corrected chi connectivity index (χ1v) is 5.99. The Kier molecular flexibility index (Phi) is 5.85. The maximum Gasteiger partial charge on any atom is 0.327 e. The van der Waals surface area contributed by atoms with Crippen LogP contribution in [0.1, 0.15) is 22.7 Å². The Hall–Kier alpha value is -2.04. The Labute approximate surface area is 112 Å². The van der Waals surface area contributed by atoms with Crippen LogP contribution in [-0.2, 0) is 9.53 Å². The van der Waals surface area contributed by atoms with Gasteiger partial charge in [-0.3, -0.25) is 0 Å². The van der Waals surface area contributed by atoms with E-state index in [1.807, 2.05) is 32.0 Å². The number of hydrogen-bond donors (Lipinski definition) is 1. The highest BCUT2D eigenvalue weighted by Crippen LogP contribution is 2.18. The van der Waals surface area contributed by atoms with Crippen molar-refractivity contribution in [2.24, 2.45) is 5.11 Å². The van der Waals surface area contributed by atoms with Crippen LogP contribution in [0.3, 0.4) is 0 Å². The Morgan fingerprint density at radius 2 is 2.21 bits per heavy atom. The number of methoxy groups -OCH3 is 1. The molecule has 1 rings (SSSR count). The lowest BCUT2D eigenvalue weighted by Gasteiger charge is -2.17. The SMILES string of the molecule is COC(=O)C(NCCN=[N+]=[N-])c1ccc(C)c(C)c1. The van der Waals surface area contributed by atoms with Crippen molar-refractivity contribution in [3.63, 3.8) is 0 Å². The molecule has 0 saturated heterocycles. The van der Waals surface area contributed by atoms with E-state index in [-0.39, 0.29) is 12.5 Å². The third kappa shape index (κ3) is 4.28. The van der Waals surface area contributed by atoms with Gasteiger partial charge < -0.3 is 10.1 Å². The van der Waals surface area contributed by atoms with Gasteiger partial charge in [0.2, 0.25) is 0 Å². The molecule has 0 aliphatic rings. The van der Waals surface area contributed by atoms with Crippen molar-refractivity contribution in [2.75, 3.05) is 20.2 Å². The molecule has 1 aromatic rings. The third-order valence-electron chi connectivity index (χ3n) is 2.92. The monoisotopic (exact) mass is 262 g/mol. The number of aryl methyl sites for hydroxylation is 2. The molecule has 0 heterocycles. The molecule has 0 aromatic heterocycles. The van der Waals surface area contributed by atoms with E-state index >= 15 is 0 Å². The van der Waals surface area contributed by atoms with Gasteiger partial charge in [0.25, 0.3) is 0 Å². The fourth-order valence-corrected chi connectivity index (χ4v) is 1.70. The van der Waals surface area contributed by atoms with Crippen LogP contribution in [0, 0.1) is 13.8 Å². The number of azide groups is 1. The van der Waals surface area contributed by atoms with Crippen LogP contribution in [0.25, 0.3) is 10.4 Å². The van der Waals surface area contributed by atoms with Crippen LogP contribution in [0.2, 0.25) is 0 Å². The second kappa shape index (κ2) is 7.41. The molecule has 0 spiro atoms. The summed E-state index contributed by atoms with van der Waals surface area (Å²) in [6.07, 6.45) is 0. The van der Waals surface area contributed by atoms with Gasteiger partial charge in [-0.2, -0.15) is 0 Å². The van der Waals surface area contributed by atoms with Crippen molar-refractivity contribution in [1.29, 1.82) is 0 Å². The molecule has 0 fully saturated rings.